The molecule has 2 N–H and O–H groups in total. The van der Waals surface area contributed by atoms with E-state index in [9.17, 15) is 4.79 Å². The Morgan fingerprint density at radius 1 is 1.37 bits per heavy atom. The second kappa shape index (κ2) is 11.0. The second-order valence-corrected chi connectivity index (χ2v) is 8.26. The minimum Gasteiger partial charge on any atom is -0.497 e. The summed E-state index contributed by atoms with van der Waals surface area (Å²) >= 11 is 0. The number of nitrogens with one attached hydrogen (secondary N) is 2. The van der Waals surface area contributed by atoms with Crippen molar-refractivity contribution in [2.75, 3.05) is 33.3 Å². The molecule has 1 aliphatic rings. The van der Waals surface area contributed by atoms with Gasteiger partial charge in [0.15, 0.2) is 0 Å². The molecule has 1 aromatic carbocycles. The summed E-state index contributed by atoms with van der Waals surface area (Å²) in [5.74, 6) is 2.33. The Bertz CT molecular complexity index is 806. The molecule has 0 radical (unpaired) electrons. The van der Waals surface area contributed by atoms with E-state index in [2.05, 4.69) is 27.4 Å². The third-order valence-electron chi connectivity index (χ3n) is 5.75. The highest BCUT2D eigenvalue weighted by atomic mass is 16.5. The molecule has 1 aromatic heterocycles. The number of carbonyl (C=O) groups is 1. The number of aromatic nitrogens is 2. The number of hydrogen-bond donors (Lipinski definition) is 2. The zero-order valence-corrected chi connectivity index (χ0v) is 18.4. The molecule has 0 saturated carbocycles. The van der Waals surface area contributed by atoms with Crippen LogP contribution in [0, 0.1) is 5.92 Å². The summed E-state index contributed by atoms with van der Waals surface area (Å²) in [6.45, 7) is 6.54. The highest BCUT2D eigenvalue weighted by Gasteiger charge is 2.21. The number of unbranched alkanes of at least 4 members (excludes halogenated alkanes) is 1. The van der Waals surface area contributed by atoms with Gasteiger partial charge in [-0.25, -0.2) is 9.78 Å². The average molecular weight is 414 g/mol. The zero-order valence-electron chi connectivity index (χ0n) is 18.4. The molecule has 164 valence electrons. The predicted molar refractivity (Wildman–Crippen MR) is 119 cm³/mol. The fourth-order valence-electron chi connectivity index (χ4n) is 4.11. The third-order valence-corrected chi connectivity index (χ3v) is 5.75. The van der Waals surface area contributed by atoms with Gasteiger partial charge in [-0.05, 0) is 62.4 Å². The van der Waals surface area contributed by atoms with Crippen LogP contribution in [0.3, 0.4) is 0 Å². The summed E-state index contributed by atoms with van der Waals surface area (Å²) < 4.78 is 7.27. The van der Waals surface area contributed by atoms with Gasteiger partial charge in [-0.1, -0.05) is 19.1 Å². The van der Waals surface area contributed by atoms with Crippen LogP contribution in [0.5, 0.6) is 5.75 Å². The molecule has 0 unspecified atom stereocenters. The van der Waals surface area contributed by atoms with Crippen LogP contribution in [0.15, 0.2) is 36.7 Å². The number of nitrogens with zero attached hydrogens (tertiary/aromatic N) is 3. The summed E-state index contributed by atoms with van der Waals surface area (Å²) in [5, 5.41) is 6.08. The molecule has 0 spiro atoms. The average Bonchev–Trinajstić information content (AvgIpc) is 3.17. The zero-order chi connectivity index (χ0) is 21.3. The summed E-state index contributed by atoms with van der Waals surface area (Å²) in [5.41, 5.74) is 0.929. The van der Waals surface area contributed by atoms with Crippen LogP contribution in [0.1, 0.15) is 50.0 Å². The lowest BCUT2D eigenvalue weighted by molar-refractivity contribution is 0.181. The van der Waals surface area contributed by atoms with Crippen LogP contribution >= 0.6 is 0 Å². The van der Waals surface area contributed by atoms with Crippen LogP contribution in [0.4, 0.5) is 4.79 Å². The fourth-order valence-corrected chi connectivity index (χ4v) is 4.11. The van der Waals surface area contributed by atoms with E-state index in [0.29, 0.717) is 6.54 Å². The van der Waals surface area contributed by atoms with E-state index in [0.717, 1.165) is 42.4 Å². The first-order valence-electron chi connectivity index (χ1n) is 10.9. The number of benzene rings is 1. The molecule has 2 heterocycles. The van der Waals surface area contributed by atoms with Gasteiger partial charge in [0.25, 0.3) is 0 Å². The van der Waals surface area contributed by atoms with E-state index in [1.807, 2.05) is 42.1 Å². The maximum atomic E-state index is 12.6. The monoisotopic (exact) mass is 413 g/mol. The predicted octanol–water partition coefficient (Wildman–Crippen LogP) is 3.33. The number of imidazole rings is 1. The van der Waals surface area contributed by atoms with Crippen molar-refractivity contribution in [2.45, 2.75) is 38.6 Å². The van der Waals surface area contributed by atoms with E-state index >= 15 is 0 Å². The molecule has 0 aliphatic carbocycles. The maximum absolute atomic E-state index is 12.6. The molecule has 2 aromatic rings. The molecule has 1 fully saturated rings. The summed E-state index contributed by atoms with van der Waals surface area (Å²) in [6.07, 6.45) is 8.35. The van der Waals surface area contributed by atoms with Crippen LogP contribution in [0.25, 0.3) is 0 Å². The first-order valence-corrected chi connectivity index (χ1v) is 10.9. The topological polar surface area (TPSA) is 71.4 Å². The number of hydrogen-bond acceptors (Lipinski definition) is 4. The quantitative estimate of drug-likeness (QED) is 0.619. The second-order valence-electron chi connectivity index (χ2n) is 8.26. The van der Waals surface area contributed by atoms with Crippen LogP contribution < -0.4 is 15.4 Å². The highest BCUT2D eigenvalue weighted by Crippen LogP contribution is 2.24. The van der Waals surface area contributed by atoms with E-state index in [1.54, 1.807) is 13.3 Å². The Labute approximate surface area is 179 Å². The Morgan fingerprint density at radius 2 is 2.23 bits per heavy atom. The molecular formula is C23H35N5O2. The van der Waals surface area contributed by atoms with Crippen molar-refractivity contribution in [3.8, 4) is 5.75 Å². The SMILES string of the molecule is COc1cccc([C@@H](NC(=O)NCCCCN2CCC[C@H](C)C2)c2nccn2C)c1. The van der Waals surface area contributed by atoms with Crippen LogP contribution in [0.2, 0.25) is 0 Å². The number of carbonyl (C=O) groups excluding carboxylic acids is 1. The molecule has 1 aliphatic heterocycles. The summed E-state index contributed by atoms with van der Waals surface area (Å²) in [6, 6.07) is 7.18. The molecule has 30 heavy (non-hydrogen) atoms. The normalized spacial score (nSPS) is 18.0. The first kappa shape index (κ1) is 22.2. The molecule has 2 amide bonds. The number of aryl methyl sites for hydroxylation is 1. The van der Waals surface area contributed by atoms with Crippen molar-refractivity contribution in [1.29, 1.82) is 0 Å². The molecule has 2 atom stereocenters. The Hall–Kier alpha value is -2.54. The smallest absolute Gasteiger partial charge is 0.315 e. The lowest BCUT2D eigenvalue weighted by atomic mass is 10.0. The summed E-state index contributed by atoms with van der Waals surface area (Å²) in [7, 11) is 3.57. The van der Waals surface area contributed by atoms with Gasteiger partial charge < -0.3 is 24.8 Å². The largest absolute Gasteiger partial charge is 0.497 e. The van der Waals surface area contributed by atoms with Crippen molar-refractivity contribution in [2.24, 2.45) is 13.0 Å². The highest BCUT2D eigenvalue weighted by molar-refractivity contribution is 5.74. The van der Waals surface area contributed by atoms with Crippen molar-refractivity contribution in [3.05, 3.63) is 48.0 Å². The van der Waals surface area contributed by atoms with E-state index < -0.39 is 0 Å². The lowest BCUT2D eigenvalue weighted by Crippen LogP contribution is -2.40. The van der Waals surface area contributed by atoms with Crippen molar-refractivity contribution in [1.82, 2.24) is 25.1 Å². The lowest BCUT2D eigenvalue weighted by Gasteiger charge is -2.30. The summed E-state index contributed by atoms with van der Waals surface area (Å²) in [4.78, 5) is 19.6. The minimum absolute atomic E-state index is 0.183. The fraction of sp³-hybridized carbons (Fsp3) is 0.565. The molecule has 3 rings (SSSR count). The van der Waals surface area contributed by atoms with Gasteiger partial charge in [0.05, 0.1) is 7.11 Å². The standard InChI is InChI=1S/C23H35N5O2/c1-18-8-7-14-28(17-18)13-5-4-11-25-23(29)26-21(22-24-12-15-27(22)2)19-9-6-10-20(16-19)30-3/h6,9-10,12,15-16,18,21H,4-5,7-8,11,13-14,17H2,1-3H3,(H2,25,26,29)/t18-,21+/m0/s1. The van der Waals surface area contributed by atoms with E-state index in [1.165, 1.54) is 25.9 Å². The Balaban J connectivity index is 1.50. The molecule has 1 saturated heterocycles. The number of methoxy groups -OCH3 is 1. The van der Waals surface area contributed by atoms with Gasteiger partial charge in [0.2, 0.25) is 0 Å². The number of amides is 2. The van der Waals surface area contributed by atoms with E-state index in [-0.39, 0.29) is 12.1 Å². The molecule has 7 heteroatoms. The Morgan fingerprint density at radius 3 is 2.97 bits per heavy atom. The van der Waals surface area contributed by atoms with Crippen LogP contribution in [-0.2, 0) is 7.05 Å². The van der Waals surface area contributed by atoms with Crippen LogP contribution in [-0.4, -0.2) is 53.8 Å². The van der Waals surface area contributed by atoms with Crippen molar-refractivity contribution < 1.29 is 9.53 Å². The number of urea groups is 1. The first-order chi connectivity index (χ1) is 14.6. The van der Waals surface area contributed by atoms with Gasteiger partial charge in [0.1, 0.15) is 17.6 Å². The van der Waals surface area contributed by atoms with Gasteiger partial charge in [-0.2, -0.15) is 0 Å². The van der Waals surface area contributed by atoms with Crippen molar-refractivity contribution >= 4 is 6.03 Å². The minimum atomic E-state index is -0.352. The van der Waals surface area contributed by atoms with Gasteiger partial charge >= 0.3 is 6.03 Å². The van der Waals surface area contributed by atoms with E-state index in [4.69, 9.17) is 4.74 Å². The number of piperidine rings is 1. The molecule has 0 bridgehead atoms. The molecular weight excluding hydrogens is 378 g/mol. The van der Waals surface area contributed by atoms with Crippen molar-refractivity contribution in [3.63, 3.8) is 0 Å². The molecule has 7 nitrogen and oxygen atoms in total. The Kier molecular flexibility index (Phi) is 8.13. The van der Waals surface area contributed by atoms with Gasteiger partial charge in [-0.15, -0.1) is 0 Å². The number of likely N-dealkylation sites (tertiary alicyclic amines) is 1. The van der Waals surface area contributed by atoms with Gasteiger partial charge in [-0.3, -0.25) is 0 Å². The van der Waals surface area contributed by atoms with Gasteiger partial charge in [0, 0.05) is 32.5 Å². The number of ether oxygens (including phenoxy) is 1. The maximum Gasteiger partial charge on any atom is 0.315 e. The number of rotatable bonds is 9. The third kappa shape index (κ3) is 6.23.